The number of unbranched alkanes of at least 4 members (excludes halogenated alkanes) is 1. The third kappa shape index (κ3) is 3.84. The van der Waals surface area contributed by atoms with Gasteiger partial charge in [0.05, 0.1) is 5.39 Å². The molecule has 1 heterocycles. The molecule has 1 amide bonds. The molecule has 0 unspecified atom stereocenters. The van der Waals surface area contributed by atoms with Crippen LogP contribution in [0.15, 0.2) is 44.7 Å². The van der Waals surface area contributed by atoms with E-state index >= 15 is 0 Å². The van der Waals surface area contributed by atoms with Crippen molar-refractivity contribution in [3.8, 4) is 0 Å². The summed E-state index contributed by atoms with van der Waals surface area (Å²) >= 11 is 0. The van der Waals surface area contributed by atoms with E-state index in [1.54, 1.807) is 24.3 Å². The molecule has 7 heteroatoms. The van der Waals surface area contributed by atoms with Crippen molar-refractivity contribution < 1.29 is 9.21 Å². The molecule has 0 fully saturated rings. The van der Waals surface area contributed by atoms with Gasteiger partial charge >= 0.3 is 0 Å². The van der Waals surface area contributed by atoms with Crippen LogP contribution in [0.2, 0.25) is 0 Å². The van der Waals surface area contributed by atoms with E-state index in [1.807, 2.05) is 0 Å². The number of para-hydroxylation sites is 1. The Labute approximate surface area is 120 Å². The van der Waals surface area contributed by atoms with Gasteiger partial charge in [0, 0.05) is 24.1 Å². The van der Waals surface area contributed by atoms with Gasteiger partial charge < -0.3 is 9.73 Å². The molecule has 108 valence electrons. The first-order valence-electron chi connectivity index (χ1n) is 6.54. The maximum atomic E-state index is 11.9. The number of rotatable bonds is 6. The minimum Gasteiger partial charge on any atom is -0.451 e. The third-order valence-corrected chi connectivity index (χ3v) is 2.89. The van der Waals surface area contributed by atoms with Crippen molar-refractivity contribution in [2.24, 2.45) is 5.11 Å². The van der Waals surface area contributed by atoms with Crippen LogP contribution in [0.3, 0.4) is 0 Å². The third-order valence-electron chi connectivity index (χ3n) is 2.89. The van der Waals surface area contributed by atoms with Crippen LogP contribution in [0.4, 0.5) is 0 Å². The predicted molar refractivity (Wildman–Crippen MR) is 78.1 cm³/mol. The number of carbonyl (C=O) groups excluding carboxylic acids is 1. The van der Waals surface area contributed by atoms with Crippen LogP contribution in [0.1, 0.15) is 23.4 Å². The Kier molecular flexibility index (Phi) is 4.95. The lowest BCUT2D eigenvalue weighted by atomic mass is 10.2. The number of nitrogens with zero attached hydrogens (tertiary/aromatic N) is 3. The zero-order valence-electron chi connectivity index (χ0n) is 11.3. The van der Waals surface area contributed by atoms with Gasteiger partial charge in [0.15, 0.2) is 11.2 Å². The van der Waals surface area contributed by atoms with E-state index < -0.39 is 5.91 Å². The van der Waals surface area contributed by atoms with Crippen LogP contribution < -0.4 is 10.7 Å². The van der Waals surface area contributed by atoms with E-state index in [0.29, 0.717) is 36.9 Å². The monoisotopic (exact) mass is 286 g/mol. The molecule has 0 saturated carbocycles. The van der Waals surface area contributed by atoms with Gasteiger partial charge in [0.25, 0.3) is 5.91 Å². The summed E-state index contributed by atoms with van der Waals surface area (Å²) < 4.78 is 5.42. The standard InChI is InChI=1S/C14H14N4O3/c15-18-17-8-4-3-7-16-14(20)13-9-11(19)10-5-1-2-6-12(10)21-13/h1-2,5-6,9H,3-4,7-8H2,(H,16,20). The van der Waals surface area contributed by atoms with Gasteiger partial charge in [-0.05, 0) is 30.5 Å². The summed E-state index contributed by atoms with van der Waals surface area (Å²) in [6.45, 7) is 0.827. The maximum Gasteiger partial charge on any atom is 0.287 e. The molecule has 1 aromatic carbocycles. The Morgan fingerprint density at radius 3 is 2.95 bits per heavy atom. The van der Waals surface area contributed by atoms with E-state index in [9.17, 15) is 9.59 Å². The summed E-state index contributed by atoms with van der Waals surface area (Å²) in [5.74, 6) is -0.435. The molecule has 2 aromatic rings. The quantitative estimate of drug-likeness (QED) is 0.381. The molecular formula is C14H14N4O3. The summed E-state index contributed by atoms with van der Waals surface area (Å²) in [5, 5.41) is 6.51. The van der Waals surface area contributed by atoms with Crippen molar-refractivity contribution >= 4 is 16.9 Å². The fourth-order valence-corrected chi connectivity index (χ4v) is 1.86. The smallest absolute Gasteiger partial charge is 0.287 e. The fourth-order valence-electron chi connectivity index (χ4n) is 1.86. The highest BCUT2D eigenvalue weighted by Gasteiger charge is 2.11. The van der Waals surface area contributed by atoms with Crippen molar-refractivity contribution in [2.45, 2.75) is 12.8 Å². The summed E-state index contributed by atoms with van der Waals surface area (Å²) in [5.41, 5.74) is 8.26. The molecular weight excluding hydrogens is 272 g/mol. The van der Waals surface area contributed by atoms with Crippen molar-refractivity contribution in [3.05, 3.63) is 56.8 Å². The van der Waals surface area contributed by atoms with E-state index in [4.69, 9.17) is 9.95 Å². The lowest BCUT2D eigenvalue weighted by molar-refractivity contribution is 0.0926. The molecule has 21 heavy (non-hydrogen) atoms. The molecule has 0 radical (unpaired) electrons. The highest BCUT2D eigenvalue weighted by atomic mass is 16.3. The van der Waals surface area contributed by atoms with Gasteiger partial charge in [0.1, 0.15) is 5.58 Å². The van der Waals surface area contributed by atoms with E-state index in [-0.39, 0.29) is 11.2 Å². The largest absolute Gasteiger partial charge is 0.451 e. The van der Waals surface area contributed by atoms with Crippen molar-refractivity contribution in [2.75, 3.05) is 13.1 Å². The SMILES string of the molecule is [N-]=[N+]=NCCCCNC(=O)c1cc(=O)c2ccccc2o1. The van der Waals surface area contributed by atoms with Crippen LogP contribution in [0.25, 0.3) is 21.4 Å². The zero-order valence-corrected chi connectivity index (χ0v) is 11.3. The molecule has 0 aliphatic heterocycles. The number of nitrogens with one attached hydrogen (secondary N) is 1. The van der Waals surface area contributed by atoms with Gasteiger partial charge in [-0.15, -0.1) is 0 Å². The van der Waals surface area contributed by atoms with Crippen molar-refractivity contribution in [1.82, 2.24) is 5.32 Å². The first-order valence-corrected chi connectivity index (χ1v) is 6.54. The Balaban J connectivity index is 1.99. The molecule has 0 saturated heterocycles. The van der Waals surface area contributed by atoms with Crippen LogP contribution in [0, 0.1) is 0 Å². The molecule has 1 aromatic heterocycles. The first kappa shape index (κ1) is 14.6. The van der Waals surface area contributed by atoms with Crippen LogP contribution in [-0.2, 0) is 0 Å². The first-order chi connectivity index (χ1) is 10.2. The molecule has 2 rings (SSSR count). The second-order valence-electron chi connectivity index (χ2n) is 4.39. The predicted octanol–water partition coefficient (Wildman–Crippen LogP) is 2.61. The van der Waals surface area contributed by atoms with Gasteiger partial charge in [-0.3, -0.25) is 9.59 Å². The minimum atomic E-state index is -0.429. The van der Waals surface area contributed by atoms with Crippen molar-refractivity contribution in [3.63, 3.8) is 0 Å². The van der Waals surface area contributed by atoms with Gasteiger partial charge in [-0.25, -0.2) is 0 Å². The van der Waals surface area contributed by atoms with Gasteiger partial charge in [0.2, 0.25) is 0 Å². The summed E-state index contributed by atoms with van der Waals surface area (Å²) in [7, 11) is 0. The number of fused-ring (bicyclic) bond motifs is 1. The van der Waals surface area contributed by atoms with E-state index in [2.05, 4.69) is 15.3 Å². The maximum absolute atomic E-state index is 11.9. The minimum absolute atomic E-state index is 0.00579. The summed E-state index contributed by atoms with van der Waals surface area (Å²) in [6, 6.07) is 7.97. The second-order valence-corrected chi connectivity index (χ2v) is 4.39. The van der Waals surface area contributed by atoms with Gasteiger partial charge in [-0.2, -0.15) is 0 Å². The van der Waals surface area contributed by atoms with Gasteiger partial charge in [-0.1, -0.05) is 17.2 Å². The van der Waals surface area contributed by atoms with Crippen LogP contribution in [-0.4, -0.2) is 19.0 Å². The number of amides is 1. The molecule has 0 atom stereocenters. The molecule has 0 bridgehead atoms. The number of hydrogen-bond donors (Lipinski definition) is 1. The molecule has 1 N–H and O–H groups in total. The van der Waals surface area contributed by atoms with Crippen molar-refractivity contribution in [1.29, 1.82) is 0 Å². The number of hydrogen-bond acceptors (Lipinski definition) is 4. The zero-order chi connectivity index (χ0) is 15.1. The number of carbonyl (C=O) groups is 1. The Bertz CT molecular complexity index is 747. The summed E-state index contributed by atoms with van der Waals surface area (Å²) in [4.78, 5) is 26.4. The van der Waals surface area contributed by atoms with E-state index in [0.717, 1.165) is 0 Å². The lowest BCUT2D eigenvalue weighted by Crippen LogP contribution is -2.25. The molecule has 7 nitrogen and oxygen atoms in total. The molecule has 0 aliphatic rings. The lowest BCUT2D eigenvalue weighted by Gasteiger charge is -2.04. The number of benzene rings is 1. The van der Waals surface area contributed by atoms with E-state index in [1.165, 1.54) is 6.07 Å². The highest BCUT2D eigenvalue weighted by Crippen LogP contribution is 2.11. The normalized spacial score (nSPS) is 10.1. The number of azide groups is 1. The Morgan fingerprint density at radius 1 is 1.33 bits per heavy atom. The second kappa shape index (κ2) is 7.12. The average molecular weight is 286 g/mol. The average Bonchev–Trinajstić information content (AvgIpc) is 2.50. The highest BCUT2D eigenvalue weighted by molar-refractivity contribution is 5.93. The topological polar surface area (TPSA) is 108 Å². The Hall–Kier alpha value is -2.79. The fraction of sp³-hybridized carbons (Fsp3) is 0.286. The summed E-state index contributed by atoms with van der Waals surface area (Å²) in [6.07, 6.45) is 1.37. The van der Waals surface area contributed by atoms with Crippen LogP contribution in [0.5, 0.6) is 0 Å². The van der Waals surface area contributed by atoms with Crippen LogP contribution >= 0.6 is 0 Å². The Morgan fingerprint density at radius 2 is 2.14 bits per heavy atom. The molecule has 0 aliphatic carbocycles. The molecule has 0 spiro atoms.